The van der Waals surface area contributed by atoms with Crippen molar-refractivity contribution in [3.63, 3.8) is 0 Å². The molecule has 2 aliphatic rings. The predicted molar refractivity (Wildman–Crippen MR) is 107 cm³/mol. The van der Waals surface area contributed by atoms with Gasteiger partial charge in [-0.1, -0.05) is 36.4 Å². The average Bonchev–Trinajstić information content (AvgIpc) is 2.71. The minimum atomic E-state index is 0.269. The summed E-state index contributed by atoms with van der Waals surface area (Å²) in [7, 11) is 0. The summed E-state index contributed by atoms with van der Waals surface area (Å²) in [6, 6.07) is 14.7. The Morgan fingerprint density at radius 3 is 2.67 bits per heavy atom. The first-order chi connectivity index (χ1) is 13.2. The Labute approximate surface area is 162 Å². The standard InChI is InChI=1S/C23H29N3O/c27-22-9-12-23(19-26(22)15-10-20-6-2-1-3-7-20)11-5-14-25(18-23)17-21-8-4-13-24-16-21/h1-4,6-8,13,16H,5,9-12,14-15,17-19H2. The molecule has 27 heavy (non-hydrogen) atoms. The second-order valence-electron chi connectivity index (χ2n) is 8.23. The molecule has 1 aromatic heterocycles. The molecule has 142 valence electrons. The minimum absolute atomic E-state index is 0.269. The monoisotopic (exact) mass is 363 g/mol. The van der Waals surface area contributed by atoms with Gasteiger partial charge in [0, 0.05) is 50.4 Å². The van der Waals surface area contributed by atoms with Crippen LogP contribution in [-0.4, -0.2) is 46.9 Å². The van der Waals surface area contributed by atoms with Crippen LogP contribution in [0.2, 0.25) is 0 Å². The van der Waals surface area contributed by atoms with Gasteiger partial charge in [0.2, 0.25) is 5.91 Å². The predicted octanol–water partition coefficient (Wildman–Crippen LogP) is 3.53. The van der Waals surface area contributed by atoms with Crippen molar-refractivity contribution >= 4 is 5.91 Å². The molecule has 0 saturated carbocycles. The number of aromatic nitrogens is 1. The molecule has 4 nitrogen and oxygen atoms in total. The number of amides is 1. The Hall–Kier alpha value is -2.20. The third-order valence-corrected chi connectivity index (χ3v) is 6.13. The van der Waals surface area contributed by atoms with E-state index in [-0.39, 0.29) is 5.41 Å². The van der Waals surface area contributed by atoms with Crippen molar-refractivity contribution in [3.8, 4) is 0 Å². The minimum Gasteiger partial charge on any atom is -0.342 e. The molecule has 1 spiro atoms. The smallest absolute Gasteiger partial charge is 0.222 e. The van der Waals surface area contributed by atoms with E-state index >= 15 is 0 Å². The number of pyridine rings is 1. The highest BCUT2D eigenvalue weighted by Crippen LogP contribution is 2.39. The zero-order valence-electron chi connectivity index (χ0n) is 16.0. The average molecular weight is 364 g/mol. The summed E-state index contributed by atoms with van der Waals surface area (Å²) in [6.45, 7) is 4.97. The molecule has 4 rings (SSSR count). The number of rotatable bonds is 5. The summed E-state index contributed by atoms with van der Waals surface area (Å²) in [6.07, 6.45) is 8.96. The molecule has 2 aromatic rings. The van der Waals surface area contributed by atoms with Crippen molar-refractivity contribution in [2.45, 2.75) is 38.6 Å². The van der Waals surface area contributed by atoms with Crippen LogP contribution in [0.1, 0.15) is 36.8 Å². The molecule has 2 aliphatic heterocycles. The quantitative estimate of drug-likeness (QED) is 0.815. The van der Waals surface area contributed by atoms with Crippen LogP contribution in [0.5, 0.6) is 0 Å². The second-order valence-corrected chi connectivity index (χ2v) is 8.23. The number of hydrogen-bond donors (Lipinski definition) is 0. The Morgan fingerprint density at radius 2 is 1.85 bits per heavy atom. The highest BCUT2D eigenvalue weighted by molar-refractivity contribution is 5.77. The molecule has 0 N–H and O–H groups in total. The van der Waals surface area contributed by atoms with Crippen LogP contribution >= 0.6 is 0 Å². The van der Waals surface area contributed by atoms with Gasteiger partial charge in [-0.05, 0) is 49.4 Å². The van der Waals surface area contributed by atoms with Crippen LogP contribution in [0, 0.1) is 5.41 Å². The van der Waals surface area contributed by atoms with Gasteiger partial charge in [-0.25, -0.2) is 0 Å². The van der Waals surface area contributed by atoms with Crippen molar-refractivity contribution in [2.75, 3.05) is 26.2 Å². The molecule has 1 aromatic carbocycles. The van der Waals surface area contributed by atoms with E-state index in [1.54, 1.807) is 0 Å². The summed E-state index contributed by atoms with van der Waals surface area (Å²) >= 11 is 0. The molecule has 0 radical (unpaired) electrons. The molecular formula is C23H29N3O. The van der Waals surface area contributed by atoms with E-state index in [2.05, 4.69) is 45.1 Å². The molecule has 2 fully saturated rings. The Morgan fingerprint density at radius 1 is 1.00 bits per heavy atom. The van der Waals surface area contributed by atoms with E-state index in [1.165, 1.54) is 24.0 Å². The molecular weight excluding hydrogens is 334 g/mol. The fourth-order valence-electron chi connectivity index (χ4n) is 4.74. The topological polar surface area (TPSA) is 36.4 Å². The lowest BCUT2D eigenvalue weighted by atomic mass is 9.73. The van der Waals surface area contributed by atoms with Gasteiger partial charge < -0.3 is 4.90 Å². The number of benzene rings is 1. The summed E-state index contributed by atoms with van der Waals surface area (Å²) in [5.41, 5.74) is 2.86. The number of carbonyl (C=O) groups is 1. The summed E-state index contributed by atoms with van der Waals surface area (Å²) in [5.74, 6) is 0.334. The lowest BCUT2D eigenvalue weighted by Gasteiger charge is -2.48. The lowest BCUT2D eigenvalue weighted by molar-refractivity contribution is -0.139. The third-order valence-electron chi connectivity index (χ3n) is 6.13. The van der Waals surface area contributed by atoms with Gasteiger partial charge in [-0.2, -0.15) is 0 Å². The SMILES string of the molecule is O=C1CCC2(CCCN(Cc3cccnc3)C2)CN1CCc1ccccc1. The van der Waals surface area contributed by atoms with Gasteiger partial charge in [0.15, 0.2) is 0 Å². The first-order valence-electron chi connectivity index (χ1n) is 10.2. The molecule has 1 atom stereocenters. The molecule has 2 saturated heterocycles. The molecule has 4 heteroatoms. The zero-order chi connectivity index (χ0) is 18.5. The fraction of sp³-hybridized carbons (Fsp3) is 0.478. The number of carbonyl (C=O) groups excluding carboxylic acids is 1. The normalized spacial score (nSPS) is 23.7. The van der Waals surface area contributed by atoms with Gasteiger partial charge in [0.1, 0.15) is 0 Å². The van der Waals surface area contributed by atoms with E-state index in [1.807, 2.05) is 24.5 Å². The van der Waals surface area contributed by atoms with E-state index < -0.39 is 0 Å². The van der Waals surface area contributed by atoms with Crippen molar-refractivity contribution in [1.29, 1.82) is 0 Å². The van der Waals surface area contributed by atoms with Crippen molar-refractivity contribution in [2.24, 2.45) is 5.41 Å². The maximum absolute atomic E-state index is 12.5. The highest BCUT2D eigenvalue weighted by atomic mass is 16.2. The van der Waals surface area contributed by atoms with Crippen molar-refractivity contribution in [1.82, 2.24) is 14.8 Å². The van der Waals surface area contributed by atoms with Gasteiger partial charge in [-0.3, -0.25) is 14.7 Å². The highest BCUT2D eigenvalue weighted by Gasteiger charge is 2.41. The van der Waals surface area contributed by atoms with E-state index in [9.17, 15) is 4.79 Å². The number of likely N-dealkylation sites (tertiary alicyclic amines) is 2. The summed E-state index contributed by atoms with van der Waals surface area (Å²) in [4.78, 5) is 21.5. The van der Waals surface area contributed by atoms with Crippen molar-refractivity contribution in [3.05, 3.63) is 66.0 Å². The fourth-order valence-corrected chi connectivity index (χ4v) is 4.74. The Bertz CT molecular complexity index is 749. The van der Waals surface area contributed by atoms with Crippen LogP contribution in [-0.2, 0) is 17.8 Å². The van der Waals surface area contributed by atoms with Crippen LogP contribution in [0.15, 0.2) is 54.9 Å². The van der Waals surface area contributed by atoms with Crippen LogP contribution in [0.3, 0.4) is 0 Å². The lowest BCUT2D eigenvalue weighted by Crippen LogP contribution is -2.54. The van der Waals surface area contributed by atoms with E-state index in [0.29, 0.717) is 12.3 Å². The summed E-state index contributed by atoms with van der Waals surface area (Å²) in [5, 5.41) is 0. The van der Waals surface area contributed by atoms with E-state index in [4.69, 9.17) is 0 Å². The molecule has 3 heterocycles. The van der Waals surface area contributed by atoms with Gasteiger partial charge in [-0.15, -0.1) is 0 Å². The molecule has 1 unspecified atom stereocenters. The second kappa shape index (κ2) is 8.22. The summed E-state index contributed by atoms with van der Waals surface area (Å²) < 4.78 is 0. The molecule has 1 amide bonds. The first-order valence-corrected chi connectivity index (χ1v) is 10.2. The van der Waals surface area contributed by atoms with Crippen LogP contribution < -0.4 is 0 Å². The largest absolute Gasteiger partial charge is 0.342 e. The van der Waals surface area contributed by atoms with Gasteiger partial charge >= 0.3 is 0 Å². The maximum Gasteiger partial charge on any atom is 0.222 e. The van der Waals surface area contributed by atoms with Crippen molar-refractivity contribution < 1.29 is 4.79 Å². The molecule has 0 aliphatic carbocycles. The Kier molecular flexibility index (Phi) is 5.53. The van der Waals surface area contributed by atoms with E-state index in [0.717, 1.165) is 45.6 Å². The third kappa shape index (κ3) is 4.56. The number of hydrogen-bond acceptors (Lipinski definition) is 3. The van der Waals surface area contributed by atoms with Crippen LogP contribution in [0.4, 0.5) is 0 Å². The number of piperidine rings is 2. The number of nitrogens with zero attached hydrogens (tertiary/aromatic N) is 3. The van der Waals surface area contributed by atoms with Gasteiger partial charge in [0.05, 0.1) is 0 Å². The first kappa shape index (κ1) is 18.2. The Balaban J connectivity index is 1.38. The maximum atomic E-state index is 12.5. The van der Waals surface area contributed by atoms with Crippen LogP contribution in [0.25, 0.3) is 0 Å². The zero-order valence-corrected chi connectivity index (χ0v) is 16.0. The van der Waals surface area contributed by atoms with Gasteiger partial charge in [0.25, 0.3) is 0 Å². The molecule has 0 bridgehead atoms.